The van der Waals surface area contributed by atoms with Crippen molar-refractivity contribution in [3.63, 3.8) is 0 Å². The Morgan fingerprint density at radius 3 is 2.32 bits per heavy atom. The summed E-state index contributed by atoms with van der Waals surface area (Å²) in [5.41, 5.74) is 1.24. The van der Waals surface area contributed by atoms with Crippen LogP contribution >= 0.6 is 60.6 Å². The Labute approximate surface area is 195 Å². The third-order valence-electron chi connectivity index (χ3n) is 5.49. The quantitative estimate of drug-likeness (QED) is 0.706. The van der Waals surface area contributed by atoms with Gasteiger partial charge < -0.3 is 15.1 Å². The fourth-order valence-corrected chi connectivity index (χ4v) is 5.07. The van der Waals surface area contributed by atoms with Crippen LogP contribution in [0.15, 0.2) is 24.3 Å². The molecule has 0 spiro atoms. The highest BCUT2D eigenvalue weighted by Crippen LogP contribution is 2.23. The summed E-state index contributed by atoms with van der Waals surface area (Å²) in [4.78, 5) is 19.5. The highest BCUT2D eigenvalue weighted by Gasteiger charge is 2.36. The van der Waals surface area contributed by atoms with Crippen LogP contribution in [-0.4, -0.2) is 78.7 Å². The van der Waals surface area contributed by atoms with E-state index in [-0.39, 0.29) is 43.3 Å². The highest BCUT2D eigenvalue weighted by atomic mass is 35.5. The third-order valence-corrected chi connectivity index (χ3v) is 6.71. The second-order valence-corrected chi connectivity index (χ2v) is 8.50. The number of nitrogens with zero attached hydrogens (tertiary/aromatic N) is 3. The smallest absolute Gasteiger partial charge is 0.240 e. The summed E-state index contributed by atoms with van der Waals surface area (Å²) >= 11 is 7.83. The van der Waals surface area contributed by atoms with E-state index in [0.717, 1.165) is 62.3 Å². The molecule has 0 saturated carbocycles. The molecule has 3 heterocycles. The summed E-state index contributed by atoms with van der Waals surface area (Å²) in [6.45, 7) is 5.99. The summed E-state index contributed by atoms with van der Waals surface area (Å²) in [7, 11) is 0. The van der Waals surface area contributed by atoms with Gasteiger partial charge in [0.15, 0.2) is 0 Å². The number of benzene rings is 1. The summed E-state index contributed by atoms with van der Waals surface area (Å²) in [5, 5.41) is 4.24. The molecule has 3 saturated heterocycles. The van der Waals surface area contributed by atoms with Crippen molar-refractivity contribution in [2.24, 2.45) is 0 Å². The molecule has 10 heteroatoms. The molecule has 3 aliphatic heterocycles. The van der Waals surface area contributed by atoms with Crippen molar-refractivity contribution >= 4 is 72.2 Å². The number of halogens is 4. The lowest BCUT2D eigenvalue weighted by Crippen LogP contribution is -2.51. The standard InChI is InChI=1S/C18H25ClN4OS.3ClH/c19-14-1-3-15(4-2-14)21-5-7-22(8-6-21)16-11-17(20-12-16)18(24)23-9-10-25-13-23;;;/h1-4,16-17,20H,5-13H2;3*1H/t16-,17-;;;/m0.../s1. The monoisotopic (exact) mass is 488 g/mol. The molecule has 5 nitrogen and oxygen atoms in total. The number of hydrogen-bond donors (Lipinski definition) is 1. The van der Waals surface area contributed by atoms with Crippen LogP contribution in [0.25, 0.3) is 0 Å². The maximum absolute atomic E-state index is 12.6. The molecule has 0 bridgehead atoms. The van der Waals surface area contributed by atoms with Gasteiger partial charge in [-0.05, 0) is 30.7 Å². The number of thioether (sulfide) groups is 1. The van der Waals surface area contributed by atoms with Crippen molar-refractivity contribution in [2.75, 3.05) is 55.8 Å². The predicted octanol–water partition coefficient (Wildman–Crippen LogP) is 2.99. The van der Waals surface area contributed by atoms with Crippen molar-refractivity contribution in [1.82, 2.24) is 15.1 Å². The highest BCUT2D eigenvalue weighted by molar-refractivity contribution is 7.99. The first kappa shape index (κ1) is 26.0. The normalized spacial score (nSPS) is 24.9. The van der Waals surface area contributed by atoms with E-state index in [0.29, 0.717) is 11.9 Å². The number of nitrogens with one attached hydrogen (secondary N) is 1. The number of hydrogen-bond acceptors (Lipinski definition) is 5. The van der Waals surface area contributed by atoms with Crippen LogP contribution in [-0.2, 0) is 4.79 Å². The summed E-state index contributed by atoms with van der Waals surface area (Å²) in [5.74, 6) is 2.24. The van der Waals surface area contributed by atoms with Gasteiger partial charge in [0.05, 0.1) is 11.9 Å². The number of carbonyl (C=O) groups is 1. The number of anilines is 1. The lowest BCUT2D eigenvalue weighted by molar-refractivity contribution is -0.131. The number of piperazine rings is 1. The van der Waals surface area contributed by atoms with E-state index in [1.807, 2.05) is 28.8 Å². The zero-order valence-corrected chi connectivity index (χ0v) is 19.6. The summed E-state index contributed by atoms with van der Waals surface area (Å²) < 4.78 is 0. The van der Waals surface area contributed by atoms with Gasteiger partial charge in [-0.3, -0.25) is 9.69 Å². The Morgan fingerprint density at radius 2 is 1.71 bits per heavy atom. The van der Waals surface area contributed by atoms with E-state index in [4.69, 9.17) is 11.6 Å². The van der Waals surface area contributed by atoms with Crippen LogP contribution < -0.4 is 10.2 Å². The Hall–Kier alpha value is -0.0800. The number of rotatable bonds is 3. The van der Waals surface area contributed by atoms with Gasteiger partial charge in [0.25, 0.3) is 0 Å². The van der Waals surface area contributed by atoms with Gasteiger partial charge in [-0.15, -0.1) is 49.0 Å². The average Bonchev–Trinajstić information content (AvgIpc) is 3.34. The van der Waals surface area contributed by atoms with E-state index in [1.54, 1.807) is 0 Å². The van der Waals surface area contributed by atoms with Gasteiger partial charge in [0.1, 0.15) is 0 Å². The van der Waals surface area contributed by atoms with Gasteiger partial charge in [-0.1, -0.05) is 11.6 Å². The van der Waals surface area contributed by atoms with E-state index in [9.17, 15) is 4.79 Å². The molecule has 0 aliphatic carbocycles. The number of amides is 1. The second kappa shape index (κ2) is 11.9. The van der Waals surface area contributed by atoms with Gasteiger partial charge >= 0.3 is 0 Å². The molecule has 3 aliphatic rings. The molecular formula is C18H28Cl4N4OS. The molecular weight excluding hydrogens is 462 g/mol. The fourth-order valence-electron chi connectivity index (χ4n) is 3.99. The zero-order valence-electron chi connectivity index (χ0n) is 15.6. The first-order chi connectivity index (χ1) is 12.2. The van der Waals surface area contributed by atoms with E-state index < -0.39 is 0 Å². The van der Waals surface area contributed by atoms with E-state index in [1.165, 1.54) is 5.69 Å². The molecule has 0 unspecified atom stereocenters. The maximum Gasteiger partial charge on any atom is 0.240 e. The molecule has 2 atom stereocenters. The van der Waals surface area contributed by atoms with Gasteiger partial charge in [0, 0.05) is 61.8 Å². The molecule has 0 radical (unpaired) electrons. The largest absolute Gasteiger partial charge is 0.369 e. The lowest BCUT2D eigenvalue weighted by Gasteiger charge is -2.39. The number of carbonyl (C=O) groups excluding carboxylic acids is 1. The van der Waals surface area contributed by atoms with Crippen LogP contribution in [0.5, 0.6) is 0 Å². The van der Waals surface area contributed by atoms with Crippen molar-refractivity contribution in [1.29, 1.82) is 0 Å². The van der Waals surface area contributed by atoms with Crippen LogP contribution in [0.2, 0.25) is 5.02 Å². The maximum atomic E-state index is 12.6. The van der Waals surface area contributed by atoms with Crippen LogP contribution in [0.4, 0.5) is 5.69 Å². The minimum absolute atomic E-state index is 0. The lowest BCUT2D eigenvalue weighted by atomic mass is 10.1. The molecule has 0 aromatic heterocycles. The predicted molar refractivity (Wildman–Crippen MR) is 126 cm³/mol. The van der Waals surface area contributed by atoms with Gasteiger partial charge in [-0.25, -0.2) is 0 Å². The third kappa shape index (κ3) is 5.97. The molecule has 1 amide bonds. The van der Waals surface area contributed by atoms with Crippen LogP contribution in [0.3, 0.4) is 0 Å². The molecule has 4 rings (SSSR count). The molecule has 1 aromatic rings. The second-order valence-electron chi connectivity index (χ2n) is 6.99. The first-order valence-corrected chi connectivity index (χ1v) is 10.6. The Morgan fingerprint density at radius 1 is 1.04 bits per heavy atom. The van der Waals surface area contributed by atoms with Crippen molar-refractivity contribution in [2.45, 2.75) is 18.5 Å². The Bertz CT molecular complexity index is 610. The minimum atomic E-state index is 0. The van der Waals surface area contributed by atoms with Gasteiger partial charge in [0.2, 0.25) is 5.91 Å². The topological polar surface area (TPSA) is 38.8 Å². The molecule has 1 N–H and O–H groups in total. The minimum Gasteiger partial charge on any atom is -0.369 e. The van der Waals surface area contributed by atoms with E-state index >= 15 is 0 Å². The Kier molecular flexibility index (Phi) is 11.1. The van der Waals surface area contributed by atoms with Crippen LogP contribution in [0.1, 0.15) is 6.42 Å². The average molecular weight is 490 g/mol. The fraction of sp³-hybridized carbons (Fsp3) is 0.611. The zero-order chi connectivity index (χ0) is 17.2. The van der Waals surface area contributed by atoms with E-state index in [2.05, 4.69) is 27.2 Å². The SMILES string of the molecule is Cl.Cl.Cl.O=C([C@@H]1C[C@H](N2CCN(c3ccc(Cl)cc3)CC2)CN1)N1CCSC1. The van der Waals surface area contributed by atoms with Crippen molar-refractivity contribution < 1.29 is 4.79 Å². The Balaban J connectivity index is 0.00000131. The molecule has 3 fully saturated rings. The molecule has 1 aromatic carbocycles. The van der Waals surface area contributed by atoms with Gasteiger partial charge in [-0.2, -0.15) is 0 Å². The summed E-state index contributed by atoms with van der Waals surface area (Å²) in [6, 6.07) is 8.60. The van der Waals surface area contributed by atoms with Crippen LogP contribution in [0, 0.1) is 0 Å². The summed E-state index contributed by atoms with van der Waals surface area (Å²) in [6.07, 6.45) is 0.945. The first-order valence-electron chi connectivity index (χ1n) is 9.05. The molecule has 28 heavy (non-hydrogen) atoms. The van der Waals surface area contributed by atoms with Crippen molar-refractivity contribution in [3.05, 3.63) is 29.3 Å². The van der Waals surface area contributed by atoms with Crippen molar-refractivity contribution in [3.8, 4) is 0 Å². The molecule has 160 valence electrons.